The van der Waals surface area contributed by atoms with E-state index in [-0.39, 0.29) is 30.7 Å². The molecule has 16 heavy (non-hydrogen) atoms. The van der Waals surface area contributed by atoms with Crippen LogP contribution in [0.4, 0.5) is 5.69 Å². The van der Waals surface area contributed by atoms with Crippen LogP contribution in [0.25, 0.3) is 6.08 Å². The number of anilines is 1. The quantitative estimate of drug-likeness (QED) is 0.814. The minimum absolute atomic E-state index is 0. The van der Waals surface area contributed by atoms with E-state index in [0.717, 1.165) is 17.8 Å². The lowest BCUT2D eigenvalue weighted by Gasteiger charge is -2.04. The zero-order valence-electron chi connectivity index (χ0n) is 8.60. The average molecular weight is 261 g/mol. The Morgan fingerprint density at radius 3 is 2.62 bits per heavy atom. The van der Waals surface area contributed by atoms with Gasteiger partial charge in [0.15, 0.2) is 0 Å². The highest BCUT2D eigenvalue weighted by atomic mass is 35.5. The standard InChI is InChI=1S/C11H12N2O.2ClH/c12-11(14)9-5-6-13-10-4-2-1-3-8(10)7-9;;/h1-4,7,13H,5-6H2,(H2,12,14);2*1H. The van der Waals surface area contributed by atoms with Gasteiger partial charge in [-0.1, -0.05) is 18.2 Å². The molecule has 0 unspecified atom stereocenters. The molecule has 0 saturated heterocycles. The van der Waals surface area contributed by atoms with Crippen molar-refractivity contribution < 1.29 is 4.79 Å². The van der Waals surface area contributed by atoms with Crippen LogP contribution in [0.1, 0.15) is 12.0 Å². The normalized spacial score (nSPS) is 12.9. The van der Waals surface area contributed by atoms with Crippen molar-refractivity contribution >= 4 is 42.5 Å². The van der Waals surface area contributed by atoms with Crippen molar-refractivity contribution in [2.75, 3.05) is 11.9 Å². The van der Waals surface area contributed by atoms with E-state index in [2.05, 4.69) is 5.32 Å². The zero-order chi connectivity index (χ0) is 9.97. The van der Waals surface area contributed by atoms with Crippen LogP contribution in [0.15, 0.2) is 29.8 Å². The first kappa shape index (κ1) is 14.8. The molecule has 1 aromatic carbocycles. The topological polar surface area (TPSA) is 55.1 Å². The van der Waals surface area contributed by atoms with Gasteiger partial charge in [-0.25, -0.2) is 0 Å². The van der Waals surface area contributed by atoms with Crippen molar-refractivity contribution in [3.63, 3.8) is 0 Å². The number of fused-ring (bicyclic) bond motifs is 1. The molecule has 3 nitrogen and oxygen atoms in total. The third-order valence-corrected chi connectivity index (χ3v) is 2.32. The molecule has 0 bridgehead atoms. The number of benzene rings is 1. The van der Waals surface area contributed by atoms with Gasteiger partial charge >= 0.3 is 0 Å². The lowest BCUT2D eigenvalue weighted by atomic mass is 10.1. The van der Waals surface area contributed by atoms with Crippen LogP contribution < -0.4 is 11.1 Å². The maximum Gasteiger partial charge on any atom is 0.244 e. The fraction of sp³-hybridized carbons (Fsp3) is 0.182. The summed E-state index contributed by atoms with van der Waals surface area (Å²) in [6.07, 6.45) is 2.54. The first-order valence-corrected chi connectivity index (χ1v) is 4.60. The molecule has 1 amide bonds. The van der Waals surface area contributed by atoms with Crippen molar-refractivity contribution in [1.82, 2.24) is 0 Å². The van der Waals surface area contributed by atoms with Crippen molar-refractivity contribution in [1.29, 1.82) is 0 Å². The van der Waals surface area contributed by atoms with Crippen LogP contribution in [-0.4, -0.2) is 12.5 Å². The number of carbonyl (C=O) groups excluding carboxylic acids is 1. The van der Waals surface area contributed by atoms with Crippen molar-refractivity contribution in [3.8, 4) is 0 Å². The molecule has 0 radical (unpaired) electrons. The highest BCUT2D eigenvalue weighted by Gasteiger charge is 2.10. The highest BCUT2D eigenvalue weighted by Crippen LogP contribution is 2.22. The first-order valence-electron chi connectivity index (χ1n) is 4.60. The zero-order valence-corrected chi connectivity index (χ0v) is 10.2. The minimum Gasteiger partial charge on any atom is -0.384 e. The van der Waals surface area contributed by atoms with Gasteiger partial charge in [0.2, 0.25) is 5.91 Å². The number of nitrogens with one attached hydrogen (secondary N) is 1. The van der Waals surface area contributed by atoms with Gasteiger partial charge in [0.05, 0.1) is 0 Å². The van der Waals surface area contributed by atoms with Gasteiger partial charge in [-0.05, 0) is 24.1 Å². The predicted octanol–water partition coefficient (Wildman–Crippen LogP) is 2.21. The van der Waals surface area contributed by atoms with Crippen LogP contribution in [0.3, 0.4) is 0 Å². The molecule has 1 aliphatic heterocycles. The fourth-order valence-electron chi connectivity index (χ4n) is 1.57. The number of hydrogen-bond acceptors (Lipinski definition) is 2. The summed E-state index contributed by atoms with van der Waals surface area (Å²) >= 11 is 0. The Bertz CT molecular complexity index is 405. The Labute approximate surface area is 107 Å². The maximum absolute atomic E-state index is 11.0. The number of para-hydroxylation sites is 1. The van der Waals surface area contributed by atoms with Crippen LogP contribution in [0.5, 0.6) is 0 Å². The number of rotatable bonds is 1. The molecule has 88 valence electrons. The van der Waals surface area contributed by atoms with E-state index in [1.807, 2.05) is 30.3 Å². The van der Waals surface area contributed by atoms with Gasteiger partial charge < -0.3 is 11.1 Å². The molecule has 0 spiro atoms. The molecule has 1 aliphatic rings. The van der Waals surface area contributed by atoms with Crippen molar-refractivity contribution in [2.45, 2.75) is 6.42 Å². The van der Waals surface area contributed by atoms with Gasteiger partial charge in [0, 0.05) is 17.8 Å². The molecule has 5 heteroatoms. The SMILES string of the molecule is Cl.Cl.NC(=O)C1=Cc2ccccc2NCC1. The third kappa shape index (κ3) is 3.15. The number of hydrogen-bond donors (Lipinski definition) is 2. The summed E-state index contributed by atoms with van der Waals surface area (Å²) in [6, 6.07) is 7.88. The summed E-state index contributed by atoms with van der Waals surface area (Å²) in [5, 5.41) is 3.25. The van der Waals surface area contributed by atoms with Crippen LogP contribution in [0.2, 0.25) is 0 Å². The van der Waals surface area contributed by atoms with E-state index >= 15 is 0 Å². The summed E-state index contributed by atoms with van der Waals surface area (Å²) in [5.41, 5.74) is 8.03. The second kappa shape index (κ2) is 6.40. The van der Waals surface area contributed by atoms with E-state index in [0.29, 0.717) is 12.0 Å². The van der Waals surface area contributed by atoms with Gasteiger partial charge in [0.25, 0.3) is 0 Å². The van der Waals surface area contributed by atoms with E-state index in [1.54, 1.807) is 0 Å². The highest BCUT2D eigenvalue weighted by molar-refractivity contribution is 5.97. The predicted molar refractivity (Wildman–Crippen MR) is 71.2 cm³/mol. The summed E-state index contributed by atoms with van der Waals surface area (Å²) in [4.78, 5) is 11.0. The number of nitrogens with two attached hydrogens (primary N) is 1. The van der Waals surface area contributed by atoms with E-state index in [9.17, 15) is 4.79 Å². The number of carbonyl (C=O) groups is 1. The Kier molecular flexibility index (Phi) is 5.93. The Morgan fingerprint density at radius 1 is 1.25 bits per heavy atom. The first-order chi connectivity index (χ1) is 6.77. The van der Waals surface area contributed by atoms with E-state index in [1.165, 1.54) is 0 Å². The molecule has 2 rings (SSSR count). The second-order valence-corrected chi connectivity index (χ2v) is 3.30. The summed E-state index contributed by atoms with van der Waals surface area (Å²) in [5.74, 6) is -0.330. The Balaban J connectivity index is 0.00000112. The Hall–Kier alpha value is -1.19. The smallest absolute Gasteiger partial charge is 0.244 e. The molecule has 0 aliphatic carbocycles. The van der Waals surface area contributed by atoms with Crippen LogP contribution in [-0.2, 0) is 4.79 Å². The minimum atomic E-state index is -0.330. The molecule has 1 aromatic rings. The fourth-order valence-corrected chi connectivity index (χ4v) is 1.57. The average Bonchev–Trinajstić information content (AvgIpc) is 2.39. The lowest BCUT2D eigenvalue weighted by Crippen LogP contribution is -2.15. The van der Waals surface area contributed by atoms with E-state index < -0.39 is 0 Å². The number of primary amides is 1. The second-order valence-electron chi connectivity index (χ2n) is 3.30. The maximum atomic E-state index is 11.0. The van der Waals surface area contributed by atoms with Crippen molar-refractivity contribution in [3.05, 3.63) is 35.4 Å². The summed E-state index contributed by atoms with van der Waals surface area (Å²) < 4.78 is 0. The summed E-state index contributed by atoms with van der Waals surface area (Å²) in [7, 11) is 0. The molecule has 0 saturated carbocycles. The van der Waals surface area contributed by atoms with Gasteiger partial charge in [-0.15, -0.1) is 24.8 Å². The van der Waals surface area contributed by atoms with Gasteiger partial charge in [-0.2, -0.15) is 0 Å². The summed E-state index contributed by atoms with van der Waals surface area (Å²) in [6.45, 7) is 0.756. The van der Waals surface area contributed by atoms with E-state index in [4.69, 9.17) is 5.73 Å². The molecule has 0 fully saturated rings. The largest absolute Gasteiger partial charge is 0.384 e. The van der Waals surface area contributed by atoms with Gasteiger partial charge in [0.1, 0.15) is 0 Å². The Morgan fingerprint density at radius 2 is 1.94 bits per heavy atom. The van der Waals surface area contributed by atoms with Crippen molar-refractivity contribution in [2.24, 2.45) is 5.73 Å². The molecule has 1 heterocycles. The van der Waals surface area contributed by atoms with Crippen LogP contribution >= 0.6 is 24.8 Å². The van der Waals surface area contributed by atoms with Gasteiger partial charge in [-0.3, -0.25) is 4.79 Å². The number of amides is 1. The monoisotopic (exact) mass is 260 g/mol. The molecule has 0 atom stereocenters. The lowest BCUT2D eigenvalue weighted by molar-refractivity contribution is -0.114. The molecule has 0 aromatic heterocycles. The molecule has 3 N–H and O–H groups in total. The third-order valence-electron chi connectivity index (χ3n) is 2.32. The number of halogens is 2. The van der Waals surface area contributed by atoms with Crippen LogP contribution in [0, 0.1) is 0 Å². The molecular weight excluding hydrogens is 247 g/mol. The molecular formula is C11H14Cl2N2O.